The van der Waals surface area contributed by atoms with Crippen molar-refractivity contribution in [1.82, 2.24) is 9.13 Å². The number of allylic oxidation sites excluding steroid dienone is 2. The minimum absolute atomic E-state index is 0.0551. The Morgan fingerprint density at radius 2 is 1.36 bits per heavy atom. The number of Topliss-reactive ketones (excluding diaryl/α,β-unsaturated/α-hetero) is 1. The third-order valence-corrected chi connectivity index (χ3v) is 9.19. The molecule has 0 spiro atoms. The second-order valence-electron chi connectivity index (χ2n) is 12.4. The van der Waals surface area contributed by atoms with Crippen LogP contribution in [-0.4, -0.2) is 51.9 Å². The number of carbonyl (C=O) groups excluding carboxylic acids is 1. The van der Waals surface area contributed by atoms with Gasteiger partial charge in [-0.1, -0.05) is 0 Å². The van der Waals surface area contributed by atoms with E-state index >= 15 is 0 Å². The van der Waals surface area contributed by atoms with E-state index in [2.05, 4.69) is 100 Å². The first-order valence-electron chi connectivity index (χ1n) is 15.6. The molecule has 7 rings (SSSR count). The number of aliphatic hydroxyl groups is 1. The fraction of sp³-hybridized carbons (Fsp3) is 0.314. The van der Waals surface area contributed by atoms with Crippen molar-refractivity contribution < 1.29 is 19.0 Å². The van der Waals surface area contributed by atoms with Crippen molar-refractivity contribution in [3.63, 3.8) is 0 Å². The maximum absolute atomic E-state index is 13.1. The Morgan fingerprint density at radius 1 is 0.822 bits per heavy atom. The normalized spacial score (nSPS) is 21.3. The predicted molar refractivity (Wildman–Crippen MR) is 175 cm³/mol. The molecule has 10 heteroatoms. The third-order valence-electron chi connectivity index (χ3n) is 9.19. The lowest BCUT2D eigenvalue weighted by atomic mass is 9.99. The molecule has 2 N–H and O–H groups in total. The summed E-state index contributed by atoms with van der Waals surface area (Å²) in [7, 11) is 4.09. The summed E-state index contributed by atoms with van der Waals surface area (Å²) in [5, 5.41) is 14.1. The molecular weight excluding hydrogens is 564 g/mol. The summed E-state index contributed by atoms with van der Waals surface area (Å²) in [6, 6.07) is 17.1. The van der Waals surface area contributed by atoms with Gasteiger partial charge in [0.15, 0.2) is 0 Å². The summed E-state index contributed by atoms with van der Waals surface area (Å²) in [5.74, 6) is -0.333. The molecule has 4 heterocycles. The van der Waals surface area contributed by atoms with E-state index in [-0.39, 0.29) is 17.1 Å². The highest BCUT2D eigenvalue weighted by Gasteiger charge is 2.29. The fourth-order valence-electron chi connectivity index (χ4n) is 6.55. The van der Waals surface area contributed by atoms with E-state index in [1.807, 2.05) is 38.4 Å². The lowest BCUT2D eigenvalue weighted by Gasteiger charge is -2.20. The van der Waals surface area contributed by atoms with Crippen molar-refractivity contribution >= 4 is 34.2 Å². The van der Waals surface area contributed by atoms with E-state index < -0.39 is 0 Å². The first-order valence-corrected chi connectivity index (χ1v) is 15.6. The van der Waals surface area contributed by atoms with Gasteiger partial charge in [0.25, 0.3) is 0 Å². The van der Waals surface area contributed by atoms with E-state index in [1.165, 1.54) is 0 Å². The molecule has 2 saturated heterocycles. The van der Waals surface area contributed by atoms with Crippen molar-refractivity contribution in [3.8, 4) is 0 Å². The monoisotopic (exact) mass is 604 g/mol. The summed E-state index contributed by atoms with van der Waals surface area (Å²) in [5.41, 5.74) is 4.85. The Labute approximate surface area is 263 Å². The van der Waals surface area contributed by atoms with E-state index in [9.17, 15) is 9.90 Å². The molecule has 2 atom stereocenters. The largest absolute Gasteiger partial charge is 0.505 e. The van der Waals surface area contributed by atoms with Crippen LogP contribution in [0.25, 0.3) is 0 Å². The third kappa shape index (κ3) is 5.87. The maximum Gasteiger partial charge on any atom is 0.243 e. The Morgan fingerprint density at radius 3 is 1.87 bits per heavy atom. The Kier molecular flexibility index (Phi) is 7.48. The molecule has 45 heavy (non-hydrogen) atoms. The van der Waals surface area contributed by atoms with Gasteiger partial charge in [0.05, 0.1) is 38.6 Å². The lowest BCUT2D eigenvalue weighted by Crippen LogP contribution is -2.25. The first kappa shape index (κ1) is 28.6. The van der Waals surface area contributed by atoms with Crippen molar-refractivity contribution in [3.05, 3.63) is 109 Å². The number of aliphatic hydroxyl groups excluding tert-OH is 1. The topological polar surface area (TPSA) is 85.8 Å². The van der Waals surface area contributed by atoms with Crippen molar-refractivity contribution in [2.75, 3.05) is 41.3 Å². The number of nitrogens with one attached hydrogen (secondary N) is 1. The number of imidazole rings is 2. The van der Waals surface area contributed by atoms with Crippen LogP contribution in [0.5, 0.6) is 0 Å². The molecule has 2 aliphatic heterocycles. The average molecular weight is 605 g/mol. The number of aromatic nitrogens is 4. The standard InChI is InChI=1S/C35H38N8O2/c1-25-34(44)32(36-26-4-8-28(9-5-26)40-14-12-30(21-40)42-18-16-38(2)23-42)20-33(35(25)45)37-27-6-10-29(11-7-27)41-15-13-31(22-41)43-19-17-39(3)24-43/h4-11,16-20,23-24,30-31H,12-15,21-22H2,1-3H3/p+2. The molecule has 4 aromatic rings. The molecule has 0 bridgehead atoms. The smallest absolute Gasteiger partial charge is 0.243 e. The second-order valence-corrected chi connectivity index (χ2v) is 12.4. The second kappa shape index (κ2) is 11.8. The SMILES string of the molecule is CC1=C(O)C(Nc2ccc(N3CCC(n4cc[n+](C)c4)C3)cc2)=CC(=Nc2ccc(N3CCC(n4cc[n+](C)c4)C3)cc2)C1=O. The number of aryl methyl sites for hydroxylation is 2. The van der Waals surface area contributed by atoms with Crippen LogP contribution in [0.15, 0.2) is 114 Å². The van der Waals surface area contributed by atoms with Gasteiger partial charge in [0, 0.05) is 48.6 Å². The number of hydrogen-bond donors (Lipinski definition) is 2. The maximum atomic E-state index is 13.1. The highest BCUT2D eigenvalue weighted by molar-refractivity contribution is 6.51. The number of hydrogen-bond acceptors (Lipinski definition) is 6. The van der Waals surface area contributed by atoms with Crippen molar-refractivity contribution in [2.24, 2.45) is 19.1 Å². The summed E-state index contributed by atoms with van der Waals surface area (Å²) >= 11 is 0. The van der Waals surface area contributed by atoms with E-state index in [0.29, 0.717) is 29.2 Å². The molecule has 230 valence electrons. The van der Waals surface area contributed by atoms with Crippen molar-refractivity contribution in [2.45, 2.75) is 31.8 Å². The van der Waals surface area contributed by atoms with Crippen LogP contribution in [0.3, 0.4) is 0 Å². The quantitative estimate of drug-likeness (QED) is 0.243. The summed E-state index contributed by atoms with van der Waals surface area (Å²) < 4.78 is 8.71. The molecule has 0 saturated carbocycles. The number of benzene rings is 2. The number of anilines is 3. The highest BCUT2D eigenvalue weighted by atomic mass is 16.3. The lowest BCUT2D eigenvalue weighted by molar-refractivity contribution is -0.671. The molecule has 0 radical (unpaired) electrons. The molecule has 2 unspecified atom stereocenters. The molecular formula is C35H40N8O2+2. The summed E-state index contributed by atoms with van der Waals surface area (Å²) in [6.45, 7) is 5.54. The number of rotatable bonds is 7. The molecule has 2 aromatic carbocycles. The van der Waals surface area contributed by atoms with Gasteiger partial charge in [-0.2, -0.15) is 0 Å². The molecule has 2 fully saturated rings. The molecule has 2 aromatic heterocycles. The van der Waals surface area contributed by atoms with Gasteiger partial charge in [-0.15, -0.1) is 0 Å². The number of nitrogens with zero attached hydrogens (tertiary/aromatic N) is 7. The Balaban J connectivity index is 1.02. The van der Waals surface area contributed by atoms with Crippen LogP contribution in [0.4, 0.5) is 22.7 Å². The highest BCUT2D eigenvalue weighted by Crippen LogP contribution is 2.31. The van der Waals surface area contributed by atoms with E-state index in [4.69, 9.17) is 0 Å². The van der Waals surface area contributed by atoms with Crippen LogP contribution in [0.2, 0.25) is 0 Å². The minimum Gasteiger partial charge on any atom is -0.505 e. The van der Waals surface area contributed by atoms with Crippen LogP contribution < -0.4 is 24.3 Å². The van der Waals surface area contributed by atoms with Crippen LogP contribution in [-0.2, 0) is 18.9 Å². The number of ketones is 1. The zero-order valence-corrected chi connectivity index (χ0v) is 26.0. The predicted octanol–water partition coefficient (Wildman–Crippen LogP) is 4.32. The van der Waals surface area contributed by atoms with Gasteiger partial charge in [0.2, 0.25) is 18.4 Å². The Bertz CT molecular complexity index is 1810. The molecule has 10 nitrogen and oxygen atoms in total. The number of carbonyl (C=O) groups is 1. The first-order chi connectivity index (χ1) is 21.8. The van der Waals surface area contributed by atoms with Crippen LogP contribution in [0, 0.1) is 0 Å². The summed E-state index contributed by atoms with van der Waals surface area (Å²) in [6.07, 6.45) is 16.5. The fourth-order valence-corrected chi connectivity index (χ4v) is 6.55. The van der Waals surface area contributed by atoms with Crippen LogP contribution >= 0.6 is 0 Å². The van der Waals surface area contributed by atoms with Gasteiger partial charge < -0.3 is 20.2 Å². The van der Waals surface area contributed by atoms with Gasteiger partial charge in [-0.05, 0) is 61.5 Å². The molecule has 1 aliphatic carbocycles. The van der Waals surface area contributed by atoms with E-state index in [0.717, 1.165) is 56.1 Å². The minimum atomic E-state index is -0.278. The van der Waals surface area contributed by atoms with E-state index in [1.54, 1.807) is 13.0 Å². The summed E-state index contributed by atoms with van der Waals surface area (Å²) in [4.78, 5) is 22.5. The Hall–Kier alpha value is -5.12. The number of aliphatic imine (C=N–C) groups is 1. The average Bonchev–Trinajstić information content (AvgIpc) is 3.87. The van der Waals surface area contributed by atoms with Gasteiger partial charge in [-0.25, -0.2) is 23.3 Å². The zero-order chi connectivity index (χ0) is 31.1. The zero-order valence-electron chi connectivity index (χ0n) is 26.0. The molecule has 0 amide bonds. The molecule has 3 aliphatic rings. The van der Waals surface area contributed by atoms with Gasteiger partial charge in [-0.3, -0.25) is 4.79 Å². The van der Waals surface area contributed by atoms with Gasteiger partial charge in [0.1, 0.15) is 48.3 Å². The van der Waals surface area contributed by atoms with Crippen molar-refractivity contribution in [1.29, 1.82) is 0 Å². The van der Waals surface area contributed by atoms with Gasteiger partial charge >= 0.3 is 0 Å². The van der Waals surface area contributed by atoms with Crippen LogP contribution in [0.1, 0.15) is 31.8 Å².